The van der Waals surface area contributed by atoms with Crippen LogP contribution in [-0.2, 0) is 11.3 Å². The molecule has 0 spiro atoms. The van der Waals surface area contributed by atoms with E-state index in [9.17, 15) is 18.0 Å². The maximum absolute atomic E-state index is 12.3. The number of carbonyl (C=O) groups excluding carboxylic acids is 1. The molecule has 0 unspecified atom stereocenters. The highest BCUT2D eigenvalue weighted by Crippen LogP contribution is 2.26. The number of likely N-dealkylation sites (N-methyl/N-ethyl adjacent to an activating group) is 1. The molecular weight excluding hydrogens is 297 g/mol. The van der Waals surface area contributed by atoms with Gasteiger partial charge >= 0.3 is 6.36 Å². The van der Waals surface area contributed by atoms with Crippen molar-refractivity contribution in [2.24, 2.45) is 0 Å². The molecule has 0 bridgehead atoms. The van der Waals surface area contributed by atoms with Crippen LogP contribution in [0.1, 0.15) is 24.8 Å². The monoisotopic (exact) mass is 316 g/mol. The molecule has 1 aliphatic heterocycles. The lowest BCUT2D eigenvalue weighted by Crippen LogP contribution is -2.47. The van der Waals surface area contributed by atoms with Crippen LogP contribution in [0.2, 0.25) is 0 Å². The minimum atomic E-state index is -4.75. The van der Waals surface area contributed by atoms with Crippen molar-refractivity contribution in [2.45, 2.75) is 38.2 Å². The zero-order valence-electron chi connectivity index (χ0n) is 12.3. The molecule has 1 aliphatic rings. The summed E-state index contributed by atoms with van der Waals surface area (Å²) in [6.07, 6.45) is -1.94. The van der Waals surface area contributed by atoms with Gasteiger partial charge in [-0.1, -0.05) is 24.6 Å². The van der Waals surface area contributed by atoms with Crippen molar-refractivity contribution in [3.8, 4) is 5.75 Å². The van der Waals surface area contributed by atoms with E-state index in [2.05, 4.69) is 10.1 Å². The lowest BCUT2D eigenvalue weighted by atomic mass is 10.0. The van der Waals surface area contributed by atoms with Crippen LogP contribution in [0.4, 0.5) is 13.2 Å². The third kappa shape index (κ3) is 4.62. The van der Waals surface area contributed by atoms with E-state index >= 15 is 0 Å². The van der Waals surface area contributed by atoms with Gasteiger partial charge < -0.3 is 10.1 Å². The summed E-state index contributed by atoms with van der Waals surface area (Å²) in [4.78, 5) is 14.1. The molecule has 4 nitrogen and oxygen atoms in total. The van der Waals surface area contributed by atoms with Gasteiger partial charge in [-0.2, -0.15) is 0 Å². The van der Waals surface area contributed by atoms with Gasteiger partial charge in [0, 0.05) is 12.1 Å². The van der Waals surface area contributed by atoms with Gasteiger partial charge in [0.05, 0.1) is 6.04 Å². The minimum Gasteiger partial charge on any atom is -0.405 e. The van der Waals surface area contributed by atoms with E-state index < -0.39 is 6.36 Å². The summed E-state index contributed by atoms with van der Waals surface area (Å²) in [5, 5.41) is 2.70. The number of hydrogen-bond donors (Lipinski definition) is 1. The van der Waals surface area contributed by atoms with Crippen molar-refractivity contribution in [3.05, 3.63) is 29.8 Å². The molecular formula is C15H19F3N2O2. The fourth-order valence-electron chi connectivity index (χ4n) is 2.58. The second-order valence-electron chi connectivity index (χ2n) is 5.37. The Bertz CT molecular complexity index is 520. The first-order valence-corrected chi connectivity index (χ1v) is 7.18. The van der Waals surface area contributed by atoms with Crippen LogP contribution in [0.3, 0.4) is 0 Å². The zero-order valence-corrected chi connectivity index (χ0v) is 12.3. The first-order chi connectivity index (χ1) is 10.4. The molecule has 1 aromatic rings. The number of piperidine rings is 1. The first kappa shape index (κ1) is 16.6. The predicted octanol–water partition coefficient (Wildman–Crippen LogP) is 2.69. The number of nitrogens with one attached hydrogen (secondary N) is 1. The molecule has 1 heterocycles. The summed E-state index contributed by atoms with van der Waals surface area (Å²) in [6, 6.07) is 5.59. The molecule has 1 amide bonds. The Morgan fingerprint density at radius 1 is 1.36 bits per heavy atom. The Hall–Kier alpha value is -1.76. The van der Waals surface area contributed by atoms with E-state index in [0.29, 0.717) is 5.56 Å². The van der Waals surface area contributed by atoms with Gasteiger partial charge in [-0.25, -0.2) is 0 Å². The summed E-state index contributed by atoms with van der Waals surface area (Å²) < 4.78 is 41.0. The van der Waals surface area contributed by atoms with Crippen molar-refractivity contribution in [1.29, 1.82) is 0 Å². The maximum atomic E-state index is 12.3. The number of carbonyl (C=O) groups is 1. The third-order valence-corrected chi connectivity index (χ3v) is 3.72. The summed E-state index contributed by atoms with van der Waals surface area (Å²) in [5.41, 5.74) is 0.298. The lowest BCUT2D eigenvalue weighted by Gasteiger charge is -2.31. The van der Waals surface area contributed by atoms with Crippen LogP contribution in [0.5, 0.6) is 5.75 Å². The van der Waals surface area contributed by atoms with Gasteiger partial charge in [-0.15, -0.1) is 13.2 Å². The summed E-state index contributed by atoms with van der Waals surface area (Å²) in [6.45, 7) is 0.862. The number of rotatable bonds is 4. The molecule has 0 aromatic heterocycles. The number of alkyl halides is 3. The van der Waals surface area contributed by atoms with E-state index in [0.717, 1.165) is 25.8 Å². The Morgan fingerprint density at radius 3 is 2.77 bits per heavy atom. The molecule has 1 fully saturated rings. The van der Waals surface area contributed by atoms with Crippen LogP contribution in [0, 0.1) is 0 Å². The zero-order chi connectivity index (χ0) is 16.2. The van der Waals surface area contributed by atoms with Crippen LogP contribution in [0.25, 0.3) is 0 Å². The van der Waals surface area contributed by atoms with E-state index in [-0.39, 0.29) is 24.2 Å². The number of benzene rings is 1. The van der Waals surface area contributed by atoms with Crippen LogP contribution < -0.4 is 10.1 Å². The molecule has 0 saturated carbocycles. The van der Waals surface area contributed by atoms with E-state index in [1.807, 2.05) is 11.9 Å². The highest BCUT2D eigenvalue weighted by Gasteiger charge is 2.32. The highest BCUT2D eigenvalue weighted by molar-refractivity contribution is 5.81. The number of para-hydroxylation sites is 1. The summed E-state index contributed by atoms with van der Waals surface area (Å²) in [5.74, 6) is -0.448. The largest absolute Gasteiger partial charge is 0.573 e. The van der Waals surface area contributed by atoms with Gasteiger partial charge in [0.25, 0.3) is 0 Å². The summed E-state index contributed by atoms with van der Waals surface area (Å²) >= 11 is 0. The first-order valence-electron chi connectivity index (χ1n) is 7.18. The molecule has 1 aromatic carbocycles. The van der Waals surface area contributed by atoms with Crippen molar-refractivity contribution < 1.29 is 22.7 Å². The van der Waals surface area contributed by atoms with Crippen LogP contribution in [0.15, 0.2) is 24.3 Å². The predicted molar refractivity (Wildman–Crippen MR) is 75.2 cm³/mol. The molecule has 0 aliphatic carbocycles. The Kier molecular flexibility index (Phi) is 5.28. The van der Waals surface area contributed by atoms with Crippen molar-refractivity contribution in [3.63, 3.8) is 0 Å². The Morgan fingerprint density at radius 2 is 2.09 bits per heavy atom. The maximum Gasteiger partial charge on any atom is 0.573 e. The standard InChI is InChI=1S/C15H19F3N2O2/c1-20-9-5-4-7-12(20)14(21)19-10-11-6-2-3-8-13(11)22-15(16,17)18/h2-3,6,8,12H,4-5,7,9-10H2,1H3,(H,19,21)/t12-/m1/s1. The number of halogens is 3. The fraction of sp³-hybridized carbons (Fsp3) is 0.533. The average Bonchev–Trinajstić information content (AvgIpc) is 2.45. The lowest BCUT2D eigenvalue weighted by molar-refractivity contribution is -0.274. The molecule has 122 valence electrons. The number of nitrogens with zero attached hydrogens (tertiary/aromatic N) is 1. The van der Waals surface area contributed by atoms with E-state index in [4.69, 9.17) is 0 Å². The second kappa shape index (κ2) is 7.00. The topological polar surface area (TPSA) is 41.6 Å². The number of amides is 1. The molecule has 7 heteroatoms. The molecule has 1 N–H and O–H groups in total. The number of ether oxygens (including phenoxy) is 1. The Labute approximate surface area is 127 Å². The molecule has 1 saturated heterocycles. The van der Waals surface area contributed by atoms with Crippen molar-refractivity contribution in [1.82, 2.24) is 10.2 Å². The smallest absolute Gasteiger partial charge is 0.405 e. The second-order valence-corrected chi connectivity index (χ2v) is 5.37. The quantitative estimate of drug-likeness (QED) is 0.928. The summed E-state index contributed by atoms with van der Waals surface area (Å²) in [7, 11) is 1.88. The van der Waals surface area contributed by atoms with Crippen molar-refractivity contribution in [2.75, 3.05) is 13.6 Å². The van der Waals surface area contributed by atoms with Gasteiger partial charge in [-0.05, 0) is 32.5 Å². The van der Waals surface area contributed by atoms with Gasteiger partial charge in [0.1, 0.15) is 5.75 Å². The van der Waals surface area contributed by atoms with Gasteiger partial charge in [0.15, 0.2) is 0 Å². The van der Waals surface area contributed by atoms with Crippen LogP contribution >= 0.6 is 0 Å². The minimum absolute atomic E-state index is 0.00935. The van der Waals surface area contributed by atoms with E-state index in [1.54, 1.807) is 6.07 Å². The normalized spacial score (nSPS) is 19.7. The SMILES string of the molecule is CN1CCCC[C@@H]1C(=O)NCc1ccccc1OC(F)(F)F. The number of likely N-dealkylation sites (tertiary alicyclic amines) is 1. The van der Waals surface area contributed by atoms with Gasteiger partial charge in [-0.3, -0.25) is 9.69 Å². The Balaban J connectivity index is 1.98. The van der Waals surface area contributed by atoms with Gasteiger partial charge in [0.2, 0.25) is 5.91 Å². The molecule has 2 rings (SSSR count). The molecule has 22 heavy (non-hydrogen) atoms. The van der Waals surface area contributed by atoms with Crippen molar-refractivity contribution >= 4 is 5.91 Å². The highest BCUT2D eigenvalue weighted by atomic mass is 19.4. The van der Waals surface area contributed by atoms with Crippen LogP contribution in [-0.4, -0.2) is 36.8 Å². The third-order valence-electron chi connectivity index (χ3n) is 3.72. The molecule has 1 atom stereocenters. The molecule has 0 radical (unpaired) electrons. The average molecular weight is 316 g/mol. The fourth-order valence-corrected chi connectivity index (χ4v) is 2.58. The number of hydrogen-bond acceptors (Lipinski definition) is 3. The van der Waals surface area contributed by atoms with E-state index in [1.165, 1.54) is 18.2 Å².